The number of hydrogen-bond acceptors (Lipinski definition) is 3. The summed E-state index contributed by atoms with van der Waals surface area (Å²) in [6.45, 7) is 13.5. The Labute approximate surface area is 146 Å². The Bertz CT molecular complexity index is 806. The van der Waals surface area contributed by atoms with Crippen molar-refractivity contribution in [2.24, 2.45) is 0 Å². The average Bonchev–Trinajstić information content (AvgIpc) is 2.74. The summed E-state index contributed by atoms with van der Waals surface area (Å²) in [6.07, 6.45) is 0. The smallest absolute Gasteiger partial charge is 0.250 e. The molecule has 3 rings (SSSR count). The Kier molecular flexibility index (Phi) is 3.72. The van der Waals surface area contributed by atoms with Gasteiger partial charge in [-0.3, -0.25) is 0 Å². The number of nitrogens with two attached hydrogens (primary N) is 2. The van der Waals surface area contributed by atoms with Crippen LogP contribution in [-0.4, -0.2) is 8.32 Å². The molecule has 0 aromatic heterocycles. The minimum absolute atomic E-state index is 0.126. The molecule has 0 amide bonds. The molecule has 1 aliphatic rings. The van der Waals surface area contributed by atoms with Crippen LogP contribution in [0, 0.1) is 0 Å². The maximum Gasteiger partial charge on any atom is 0.250 e. The van der Waals surface area contributed by atoms with E-state index in [9.17, 15) is 0 Å². The van der Waals surface area contributed by atoms with Crippen LogP contribution in [0.3, 0.4) is 0 Å². The van der Waals surface area contributed by atoms with Crippen molar-refractivity contribution < 1.29 is 4.43 Å². The zero-order valence-electron chi connectivity index (χ0n) is 15.5. The van der Waals surface area contributed by atoms with E-state index >= 15 is 0 Å². The SMILES string of the molecule is CC1c2cc(N)ccc2-c2ccc(N)c(O[Si](C)(C)C(C)(C)C)c21. The van der Waals surface area contributed by atoms with Gasteiger partial charge in [0.25, 0.3) is 8.32 Å². The van der Waals surface area contributed by atoms with Crippen LogP contribution in [0.5, 0.6) is 5.75 Å². The molecular formula is C20H28N2OSi. The van der Waals surface area contributed by atoms with Gasteiger partial charge in [0.15, 0.2) is 0 Å². The minimum atomic E-state index is -1.97. The maximum atomic E-state index is 6.65. The minimum Gasteiger partial charge on any atom is -0.542 e. The molecule has 0 heterocycles. The van der Waals surface area contributed by atoms with Crippen LogP contribution in [0.2, 0.25) is 18.1 Å². The van der Waals surface area contributed by atoms with Gasteiger partial charge in [-0.2, -0.15) is 0 Å². The largest absolute Gasteiger partial charge is 0.542 e. The Balaban J connectivity index is 2.16. The van der Waals surface area contributed by atoms with Crippen LogP contribution >= 0.6 is 0 Å². The molecule has 0 saturated carbocycles. The molecule has 4 heteroatoms. The van der Waals surface area contributed by atoms with Gasteiger partial charge in [-0.05, 0) is 53.0 Å². The van der Waals surface area contributed by atoms with E-state index < -0.39 is 8.32 Å². The third-order valence-electron chi connectivity index (χ3n) is 5.66. The van der Waals surface area contributed by atoms with Crippen LogP contribution < -0.4 is 15.9 Å². The van der Waals surface area contributed by atoms with Crippen molar-refractivity contribution in [1.82, 2.24) is 0 Å². The lowest BCUT2D eigenvalue weighted by Gasteiger charge is -2.37. The number of nitrogen functional groups attached to an aromatic ring is 2. The third kappa shape index (κ3) is 2.49. The van der Waals surface area contributed by atoms with Crippen molar-refractivity contribution >= 4 is 19.7 Å². The van der Waals surface area contributed by atoms with Crippen molar-refractivity contribution in [2.75, 3.05) is 11.5 Å². The van der Waals surface area contributed by atoms with E-state index in [2.05, 4.69) is 59.0 Å². The number of benzene rings is 2. The van der Waals surface area contributed by atoms with E-state index in [1.807, 2.05) is 12.1 Å². The molecule has 0 spiro atoms. The monoisotopic (exact) mass is 340 g/mol. The lowest BCUT2D eigenvalue weighted by atomic mass is 9.98. The lowest BCUT2D eigenvalue weighted by molar-refractivity contribution is 0.488. The summed E-state index contributed by atoms with van der Waals surface area (Å²) in [6, 6.07) is 10.2. The first kappa shape index (κ1) is 16.9. The van der Waals surface area contributed by atoms with Crippen molar-refractivity contribution in [2.45, 2.75) is 51.7 Å². The fourth-order valence-electron chi connectivity index (χ4n) is 3.14. The van der Waals surface area contributed by atoms with Gasteiger partial charge in [0.1, 0.15) is 5.75 Å². The molecule has 0 saturated heterocycles. The van der Waals surface area contributed by atoms with E-state index in [4.69, 9.17) is 15.9 Å². The average molecular weight is 341 g/mol. The van der Waals surface area contributed by atoms with Gasteiger partial charge in [-0.15, -0.1) is 0 Å². The quantitative estimate of drug-likeness (QED) is 0.571. The normalized spacial score (nSPS) is 16.7. The van der Waals surface area contributed by atoms with Gasteiger partial charge in [0.05, 0.1) is 5.69 Å². The Morgan fingerprint density at radius 1 is 1.00 bits per heavy atom. The molecule has 1 unspecified atom stereocenters. The molecule has 0 bridgehead atoms. The fourth-order valence-corrected chi connectivity index (χ4v) is 4.19. The first-order chi connectivity index (χ1) is 11.0. The van der Waals surface area contributed by atoms with Crippen LogP contribution in [0.1, 0.15) is 44.7 Å². The molecule has 0 radical (unpaired) electrons. The highest BCUT2D eigenvalue weighted by Crippen LogP contribution is 2.52. The summed E-state index contributed by atoms with van der Waals surface area (Å²) in [5.74, 6) is 1.11. The van der Waals surface area contributed by atoms with E-state index in [-0.39, 0.29) is 11.0 Å². The van der Waals surface area contributed by atoms with Crippen LogP contribution in [0.4, 0.5) is 11.4 Å². The Morgan fingerprint density at radius 3 is 2.25 bits per heavy atom. The summed E-state index contributed by atoms with van der Waals surface area (Å²) in [4.78, 5) is 0. The third-order valence-corrected chi connectivity index (χ3v) is 9.98. The molecule has 1 aliphatic carbocycles. The van der Waals surface area contributed by atoms with Gasteiger partial charge in [-0.25, -0.2) is 0 Å². The fraction of sp³-hybridized carbons (Fsp3) is 0.400. The van der Waals surface area contributed by atoms with E-state index in [1.165, 1.54) is 22.3 Å². The van der Waals surface area contributed by atoms with Crippen LogP contribution in [-0.2, 0) is 0 Å². The Morgan fingerprint density at radius 2 is 1.62 bits per heavy atom. The molecule has 2 aromatic rings. The van der Waals surface area contributed by atoms with Crippen molar-refractivity contribution in [3.8, 4) is 16.9 Å². The van der Waals surface area contributed by atoms with Gasteiger partial charge in [0.2, 0.25) is 0 Å². The van der Waals surface area contributed by atoms with E-state index in [1.54, 1.807) is 0 Å². The molecule has 0 aliphatic heterocycles. The van der Waals surface area contributed by atoms with Crippen LogP contribution in [0.25, 0.3) is 11.1 Å². The molecule has 1 atom stereocenters. The predicted molar refractivity (Wildman–Crippen MR) is 106 cm³/mol. The molecular weight excluding hydrogens is 312 g/mol. The second-order valence-corrected chi connectivity index (χ2v) is 13.1. The summed E-state index contributed by atoms with van der Waals surface area (Å²) in [5, 5.41) is 0.126. The highest BCUT2D eigenvalue weighted by Gasteiger charge is 2.41. The molecule has 3 nitrogen and oxygen atoms in total. The second kappa shape index (κ2) is 5.28. The highest BCUT2D eigenvalue weighted by atomic mass is 28.4. The maximum absolute atomic E-state index is 6.65. The van der Waals surface area contributed by atoms with Gasteiger partial charge in [-0.1, -0.05) is 39.8 Å². The van der Waals surface area contributed by atoms with Crippen molar-refractivity contribution in [3.63, 3.8) is 0 Å². The number of hydrogen-bond donors (Lipinski definition) is 2. The van der Waals surface area contributed by atoms with Crippen LogP contribution in [0.15, 0.2) is 30.3 Å². The molecule has 24 heavy (non-hydrogen) atoms. The first-order valence-corrected chi connectivity index (χ1v) is 11.4. The Hall–Kier alpha value is -1.94. The number of fused-ring (bicyclic) bond motifs is 3. The second-order valence-electron chi connectivity index (χ2n) is 8.38. The summed E-state index contributed by atoms with van der Waals surface area (Å²) < 4.78 is 6.65. The lowest BCUT2D eigenvalue weighted by Crippen LogP contribution is -2.44. The highest BCUT2D eigenvalue weighted by molar-refractivity contribution is 6.74. The summed E-state index contributed by atoms with van der Waals surface area (Å²) >= 11 is 0. The summed E-state index contributed by atoms with van der Waals surface area (Å²) in [7, 11) is -1.97. The number of anilines is 2. The zero-order valence-corrected chi connectivity index (χ0v) is 16.5. The molecule has 2 aromatic carbocycles. The van der Waals surface area contributed by atoms with Crippen molar-refractivity contribution in [3.05, 3.63) is 41.5 Å². The molecule has 4 N–H and O–H groups in total. The van der Waals surface area contributed by atoms with E-state index in [0.717, 1.165) is 17.1 Å². The van der Waals surface area contributed by atoms with Gasteiger partial charge >= 0.3 is 0 Å². The predicted octanol–water partition coefficient (Wildman–Crippen LogP) is 5.37. The van der Waals surface area contributed by atoms with Gasteiger partial charge in [0, 0.05) is 17.2 Å². The van der Waals surface area contributed by atoms with Crippen molar-refractivity contribution in [1.29, 1.82) is 0 Å². The number of rotatable bonds is 2. The standard InChI is InChI=1S/C20H28N2OSi/c1-12-16-11-13(21)7-8-14(16)15-9-10-17(22)19(18(12)15)23-24(5,6)20(2,3)4/h7-12H,21-22H2,1-6H3. The topological polar surface area (TPSA) is 61.3 Å². The first-order valence-electron chi connectivity index (χ1n) is 8.54. The zero-order chi connectivity index (χ0) is 17.9. The molecule has 0 fully saturated rings. The molecule has 128 valence electrons. The van der Waals surface area contributed by atoms with E-state index in [0.29, 0.717) is 0 Å². The summed E-state index contributed by atoms with van der Waals surface area (Å²) in [5.41, 5.74) is 18.8. The van der Waals surface area contributed by atoms with Gasteiger partial charge < -0.3 is 15.9 Å².